The molecule has 1 fully saturated rings. The second-order valence-corrected chi connectivity index (χ2v) is 5.75. The summed E-state index contributed by atoms with van der Waals surface area (Å²) in [5, 5.41) is 11.1. The monoisotopic (exact) mass is 336 g/mol. The van der Waals surface area contributed by atoms with Gasteiger partial charge in [0.25, 0.3) is 11.8 Å². The summed E-state index contributed by atoms with van der Waals surface area (Å²) < 4.78 is 0. The predicted molar refractivity (Wildman–Crippen MR) is 88.0 cm³/mol. The van der Waals surface area contributed by atoms with E-state index in [9.17, 15) is 19.2 Å². The first-order valence-electron chi connectivity index (χ1n) is 8.09. The molecule has 1 saturated heterocycles. The standard InChI is InChI=1S/C10H13NO4.C7H11NO/c12-8-5-6-9(13)11(8)7-3-1-2-4-10(14)15;1-6-3-2-4-7(9)8-5-6/h5-6H,1-4,7H2,(H,14,15);1-5H2,(H,8,9). The Morgan fingerprint density at radius 2 is 1.79 bits per heavy atom. The van der Waals surface area contributed by atoms with Crippen LogP contribution >= 0.6 is 0 Å². The molecule has 24 heavy (non-hydrogen) atoms. The predicted octanol–water partition coefficient (Wildman–Crippen LogP) is 1.40. The quantitative estimate of drug-likeness (QED) is 0.433. The lowest BCUT2D eigenvalue weighted by Crippen LogP contribution is -2.30. The fourth-order valence-corrected chi connectivity index (χ4v) is 2.27. The lowest BCUT2D eigenvalue weighted by Gasteiger charge is -2.12. The first-order chi connectivity index (χ1) is 11.4. The van der Waals surface area contributed by atoms with E-state index in [0.717, 1.165) is 18.4 Å². The van der Waals surface area contributed by atoms with Crippen molar-refractivity contribution in [3.05, 3.63) is 24.3 Å². The van der Waals surface area contributed by atoms with Gasteiger partial charge in [-0.05, 0) is 25.7 Å². The number of carbonyl (C=O) groups excluding carboxylic acids is 3. The minimum Gasteiger partial charge on any atom is -0.481 e. The Balaban J connectivity index is 0.000000272. The normalized spacial score (nSPS) is 17.2. The maximum absolute atomic E-state index is 11.1. The number of unbranched alkanes of at least 4 members (excludes halogenated alkanes) is 2. The summed E-state index contributed by atoms with van der Waals surface area (Å²) in [4.78, 5) is 44.2. The molecule has 0 unspecified atom stereocenters. The number of amides is 3. The van der Waals surface area contributed by atoms with Crippen molar-refractivity contribution in [2.24, 2.45) is 0 Å². The van der Waals surface area contributed by atoms with E-state index in [4.69, 9.17) is 5.11 Å². The fourth-order valence-electron chi connectivity index (χ4n) is 2.27. The molecule has 0 aliphatic carbocycles. The van der Waals surface area contributed by atoms with Crippen molar-refractivity contribution >= 4 is 23.7 Å². The molecule has 7 heteroatoms. The summed E-state index contributed by atoms with van der Waals surface area (Å²) in [5.74, 6) is -1.21. The number of nitrogens with one attached hydrogen (secondary N) is 1. The van der Waals surface area contributed by atoms with Crippen LogP contribution in [-0.2, 0) is 19.2 Å². The molecule has 0 atom stereocenters. The van der Waals surface area contributed by atoms with E-state index in [1.54, 1.807) is 0 Å². The van der Waals surface area contributed by atoms with Crippen LogP contribution in [-0.4, -0.2) is 46.8 Å². The van der Waals surface area contributed by atoms with E-state index in [2.05, 4.69) is 11.9 Å². The Labute approximate surface area is 141 Å². The molecular weight excluding hydrogens is 312 g/mol. The van der Waals surface area contributed by atoms with Crippen LogP contribution in [0.4, 0.5) is 0 Å². The molecule has 0 spiro atoms. The number of carboxylic acids is 1. The highest BCUT2D eigenvalue weighted by molar-refractivity contribution is 6.12. The Kier molecular flexibility index (Phi) is 8.46. The largest absolute Gasteiger partial charge is 0.481 e. The lowest BCUT2D eigenvalue weighted by atomic mass is 10.1. The van der Waals surface area contributed by atoms with Gasteiger partial charge in [0.15, 0.2) is 0 Å². The van der Waals surface area contributed by atoms with Gasteiger partial charge in [-0.25, -0.2) is 0 Å². The highest BCUT2D eigenvalue weighted by atomic mass is 16.4. The molecule has 0 bridgehead atoms. The van der Waals surface area contributed by atoms with Crippen molar-refractivity contribution in [3.8, 4) is 0 Å². The average Bonchev–Trinajstić information content (AvgIpc) is 2.72. The molecule has 2 aliphatic heterocycles. The third kappa shape index (κ3) is 7.71. The van der Waals surface area contributed by atoms with E-state index in [1.807, 2.05) is 0 Å². The number of hydrogen-bond donors (Lipinski definition) is 2. The fraction of sp³-hybridized carbons (Fsp3) is 0.529. The van der Waals surface area contributed by atoms with Crippen LogP contribution in [0.2, 0.25) is 0 Å². The third-order valence-corrected chi connectivity index (χ3v) is 3.64. The molecule has 2 aliphatic rings. The number of hydrogen-bond acceptors (Lipinski definition) is 4. The zero-order valence-electron chi connectivity index (χ0n) is 13.8. The van der Waals surface area contributed by atoms with Gasteiger partial charge in [-0.15, -0.1) is 0 Å². The number of carbonyl (C=O) groups is 4. The van der Waals surface area contributed by atoms with Crippen molar-refractivity contribution in [1.82, 2.24) is 10.2 Å². The average molecular weight is 336 g/mol. The molecule has 2 heterocycles. The molecule has 132 valence electrons. The number of aliphatic carboxylic acids is 1. The van der Waals surface area contributed by atoms with Gasteiger partial charge in [0, 0.05) is 38.1 Å². The summed E-state index contributed by atoms with van der Waals surface area (Å²) in [6.07, 6.45) is 7.22. The van der Waals surface area contributed by atoms with Crippen molar-refractivity contribution < 1.29 is 24.3 Å². The highest BCUT2D eigenvalue weighted by Gasteiger charge is 2.22. The summed E-state index contributed by atoms with van der Waals surface area (Å²) in [6, 6.07) is 0. The van der Waals surface area contributed by atoms with Crippen LogP contribution < -0.4 is 5.32 Å². The van der Waals surface area contributed by atoms with E-state index in [1.165, 1.54) is 17.1 Å². The molecule has 2 rings (SSSR count). The van der Waals surface area contributed by atoms with Gasteiger partial charge in [-0.2, -0.15) is 0 Å². The maximum Gasteiger partial charge on any atom is 0.303 e. The maximum atomic E-state index is 11.1. The van der Waals surface area contributed by atoms with Crippen molar-refractivity contribution in [1.29, 1.82) is 0 Å². The van der Waals surface area contributed by atoms with E-state index < -0.39 is 5.97 Å². The molecular formula is C17H24N2O5. The van der Waals surface area contributed by atoms with E-state index in [0.29, 0.717) is 38.8 Å². The molecule has 0 radical (unpaired) electrons. The second kappa shape index (κ2) is 10.4. The Morgan fingerprint density at radius 1 is 1.12 bits per heavy atom. The van der Waals surface area contributed by atoms with Gasteiger partial charge in [-0.1, -0.05) is 18.6 Å². The van der Waals surface area contributed by atoms with Crippen molar-refractivity contribution in [2.75, 3.05) is 13.1 Å². The number of carboxylic acid groups (broad SMARTS) is 1. The van der Waals surface area contributed by atoms with Crippen LogP contribution in [0.15, 0.2) is 24.3 Å². The number of imide groups is 1. The summed E-state index contributed by atoms with van der Waals surface area (Å²) in [6.45, 7) is 4.85. The second-order valence-electron chi connectivity index (χ2n) is 5.75. The van der Waals surface area contributed by atoms with Crippen LogP contribution in [0.25, 0.3) is 0 Å². The number of rotatable bonds is 6. The molecule has 0 aromatic rings. The minimum absolute atomic E-state index is 0.139. The minimum atomic E-state index is -0.815. The summed E-state index contributed by atoms with van der Waals surface area (Å²) in [7, 11) is 0. The molecule has 3 amide bonds. The topological polar surface area (TPSA) is 104 Å². The van der Waals surface area contributed by atoms with Gasteiger partial charge in [0.1, 0.15) is 0 Å². The van der Waals surface area contributed by atoms with Crippen LogP contribution in [0.5, 0.6) is 0 Å². The van der Waals surface area contributed by atoms with Gasteiger partial charge < -0.3 is 10.4 Å². The lowest BCUT2D eigenvalue weighted by molar-refractivity contribution is -0.138. The van der Waals surface area contributed by atoms with Gasteiger partial charge in [0.05, 0.1) is 0 Å². The summed E-state index contributed by atoms with van der Waals surface area (Å²) >= 11 is 0. The Hall–Kier alpha value is -2.44. The van der Waals surface area contributed by atoms with Crippen molar-refractivity contribution in [2.45, 2.75) is 44.9 Å². The zero-order valence-corrected chi connectivity index (χ0v) is 13.8. The van der Waals surface area contributed by atoms with Crippen LogP contribution in [0, 0.1) is 0 Å². The van der Waals surface area contributed by atoms with Crippen LogP contribution in [0.3, 0.4) is 0 Å². The van der Waals surface area contributed by atoms with E-state index >= 15 is 0 Å². The number of nitrogens with zero attached hydrogens (tertiary/aromatic N) is 1. The third-order valence-electron chi connectivity index (χ3n) is 3.64. The van der Waals surface area contributed by atoms with E-state index in [-0.39, 0.29) is 24.1 Å². The smallest absolute Gasteiger partial charge is 0.303 e. The molecule has 2 N–H and O–H groups in total. The van der Waals surface area contributed by atoms with Gasteiger partial charge in [0.2, 0.25) is 5.91 Å². The van der Waals surface area contributed by atoms with Gasteiger partial charge in [-0.3, -0.25) is 24.1 Å². The molecule has 7 nitrogen and oxygen atoms in total. The zero-order chi connectivity index (χ0) is 17.9. The Morgan fingerprint density at radius 3 is 2.42 bits per heavy atom. The van der Waals surface area contributed by atoms with Crippen molar-refractivity contribution in [3.63, 3.8) is 0 Å². The summed E-state index contributed by atoms with van der Waals surface area (Å²) in [5.41, 5.74) is 1.14. The molecule has 0 aromatic heterocycles. The first kappa shape index (κ1) is 19.6. The molecule has 0 saturated carbocycles. The SMILES string of the molecule is C=C1CCCC(=O)NC1.O=C(O)CCCCCN1C(=O)C=CC1=O. The molecule has 0 aromatic carbocycles. The van der Waals surface area contributed by atoms with Crippen LogP contribution in [0.1, 0.15) is 44.9 Å². The highest BCUT2D eigenvalue weighted by Crippen LogP contribution is 2.08. The Bertz CT molecular complexity index is 505. The first-order valence-corrected chi connectivity index (χ1v) is 8.09. The van der Waals surface area contributed by atoms with Gasteiger partial charge >= 0.3 is 5.97 Å².